The number of β-amino-alcohol motifs (C(OH)–C–C–N with tert-alkyl or cyclic N) is 1. The van der Waals surface area contributed by atoms with Gasteiger partial charge < -0.3 is 34.9 Å². The highest BCUT2D eigenvalue weighted by atomic mass is 35.5. The molecule has 0 bridgehead atoms. The number of ketones is 1. The second-order valence-corrected chi connectivity index (χ2v) is 23.4. The highest BCUT2D eigenvalue weighted by molar-refractivity contribution is 7.15. The van der Waals surface area contributed by atoms with Crippen molar-refractivity contribution in [3.05, 3.63) is 133 Å². The molecule has 2 aliphatic rings. The molecule has 3 aromatic carbocycles. The molecule has 0 unspecified atom stereocenters. The summed E-state index contributed by atoms with van der Waals surface area (Å²) in [5, 5.41) is 27.2. The summed E-state index contributed by atoms with van der Waals surface area (Å²) < 4.78 is 19.4. The molecule has 1 saturated heterocycles. The van der Waals surface area contributed by atoms with E-state index in [1.807, 2.05) is 124 Å². The number of halogens is 1. The second-order valence-electron chi connectivity index (χ2n) is 20.9. The van der Waals surface area contributed by atoms with Crippen molar-refractivity contribution in [1.29, 1.82) is 0 Å². The van der Waals surface area contributed by atoms with E-state index in [1.165, 1.54) is 9.78 Å². The summed E-state index contributed by atoms with van der Waals surface area (Å²) in [5.41, 5.74) is 8.97. The molecule has 2 aliphatic heterocycles. The number of aryl methyl sites for hydroxylation is 4. The average Bonchev–Trinajstić information content (AvgIpc) is 4.31. The van der Waals surface area contributed by atoms with Gasteiger partial charge in [0, 0.05) is 66.7 Å². The lowest BCUT2D eigenvalue weighted by Crippen LogP contribution is -2.57. The van der Waals surface area contributed by atoms with Crippen LogP contribution in [0.1, 0.15) is 122 Å². The summed E-state index contributed by atoms with van der Waals surface area (Å²) in [5.74, 6) is 0.921. The van der Waals surface area contributed by atoms with Crippen LogP contribution in [0.25, 0.3) is 15.4 Å². The summed E-state index contributed by atoms with van der Waals surface area (Å²) >= 11 is 9.52. The van der Waals surface area contributed by atoms with Crippen molar-refractivity contribution in [1.82, 2.24) is 35.3 Å². The number of thiazole rings is 1. The van der Waals surface area contributed by atoms with Crippen LogP contribution < -0.4 is 15.4 Å². The van der Waals surface area contributed by atoms with Crippen molar-refractivity contribution in [2.75, 3.05) is 39.6 Å². The van der Waals surface area contributed by atoms with E-state index in [-0.39, 0.29) is 56.8 Å². The Hall–Kier alpha value is -6.15. The summed E-state index contributed by atoms with van der Waals surface area (Å²) in [6.45, 7) is 17.0. The topological polar surface area (TPSA) is 199 Å². The third-order valence-corrected chi connectivity index (χ3v) is 16.4. The van der Waals surface area contributed by atoms with Crippen LogP contribution in [0.15, 0.2) is 83.3 Å². The lowest BCUT2D eigenvalue weighted by Gasteiger charge is -2.35. The van der Waals surface area contributed by atoms with Gasteiger partial charge in [-0.1, -0.05) is 80.9 Å². The molecule has 5 atom stereocenters. The number of aromatic nitrogens is 4. The number of ether oxygens (including phenoxy) is 3. The van der Waals surface area contributed by atoms with Crippen molar-refractivity contribution in [3.8, 4) is 21.2 Å². The number of amides is 3. The van der Waals surface area contributed by atoms with E-state index >= 15 is 0 Å². The Balaban J connectivity index is 0.720. The van der Waals surface area contributed by atoms with Gasteiger partial charge in [0.1, 0.15) is 35.3 Å². The minimum atomic E-state index is -0.934. The predicted molar refractivity (Wildman–Crippen MR) is 300 cm³/mol. The monoisotopic (exact) mass is 1100 g/mol. The van der Waals surface area contributed by atoms with Crippen LogP contribution in [0.2, 0.25) is 5.02 Å². The van der Waals surface area contributed by atoms with Crippen LogP contribution in [-0.2, 0) is 35.1 Å². The van der Waals surface area contributed by atoms with Crippen molar-refractivity contribution in [2.24, 2.45) is 10.4 Å². The number of likely N-dealkylation sites (tertiary alicyclic amines) is 1. The van der Waals surface area contributed by atoms with Crippen LogP contribution in [0, 0.1) is 33.1 Å². The first-order chi connectivity index (χ1) is 36.9. The fourth-order valence-electron chi connectivity index (χ4n) is 9.64. The molecule has 77 heavy (non-hydrogen) atoms. The maximum Gasteiger partial charge on any atom is 0.246 e. The van der Waals surface area contributed by atoms with Crippen LogP contribution >= 0.6 is 34.3 Å². The minimum absolute atomic E-state index is 0.0239. The number of benzene rings is 3. The zero-order valence-corrected chi connectivity index (χ0v) is 47.4. The first-order valence-corrected chi connectivity index (χ1v) is 28.3. The summed E-state index contributed by atoms with van der Waals surface area (Å²) in [6, 6.07) is 20.8. The van der Waals surface area contributed by atoms with Crippen LogP contribution in [-0.4, -0.2) is 117 Å². The van der Waals surface area contributed by atoms with Gasteiger partial charge in [-0.25, -0.2) is 4.98 Å². The largest absolute Gasteiger partial charge is 0.494 e. The number of aliphatic hydroxyl groups excluding tert-OH is 1. The van der Waals surface area contributed by atoms with Gasteiger partial charge in [-0.2, -0.15) is 0 Å². The van der Waals surface area contributed by atoms with Crippen molar-refractivity contribution >= 4 is 63.5 Å². The van der Waals surface area contributed by atoms with E-state index < -0.39 is 41.5 Å². The van der Waals surface area contributed by atoms with Gasteiger partial charge in [0.2, 0.25) is 17.7 Å². The third-order valence-electron chi connectivity index (χ3n) is 14.0. The highest BCUT2D eigenvalue weighted by Crippen LogP contribution is 2.40. The first-order valence-electron chi connectivity index (χ1n) is 26.2. The zero-order chi connectivity index (χ0) is 55.0. The van der Waals surface area contributed by atoms with E-state index in [0.717, 1.165) is 60.5 Å². The van der Waals surface area contributed by atoms with Crippen molar-refractivity contribution < 1.29 is 38.5 Å². The third kappa shape index (κ3) is 14.1. The number of thiophene rings is 1. The summed E-state index contributed by atoms with van der Waals surface area (Å²) in [6.07, 6.45) is 1.35. The van der Waals surface area contributed by atoms with Gasteiger partial charge in [0.25, 0.3) is 0 Å². The first kappa shape index (κ1) is 57.0. The van der Waals surface area contributed by atoms with E-state index in [9.17, 15) is 24.3 Å². The van der Waals surface area contributed by atoms with Gasteiger partial charge >= 0.3 is 0 Å². The molecule has 408 valence electrons. The molecule has 3 amide bonds. The molecule has 3 N–H and O–H groups in total. The Morgan fingerprint density at radius 2 is 1.55 bits per heavy atom. The molecule has 8 rings (SSSR count). The minimum Gasteiger partial charge on any atom is -0.494 e. The van der Waals surface area contributed by atoms with Gasteiger partial charge in [0.15, 0.2) is 11.6 Å². The molecule has 16 nitrogen and oxygen atoms in total. The maximum atomic E-state index is 14.0. The fourth-order valence-corrected chi connectivity index (χ4v) is 11.8. The number of carbonyl (C=O) groups excluding carboxylic acids is 4. The number of nitrogens with zero attached hydrogens (tertiary/aromatic N) is 6. The number of carbonyl (C=O) groups is 4. The van der Waals surface area contributed by atoms with Crippen molar-refractivity contribution in [2.45, 2.75) is 124 Å². The lowest BCUT2D eigenvalue weighted by atomic mass is 9.85. The number of rotatable bonds is 23. The molecule has 0 saturated carbocycles. The summed E-state index contributed by atoms with van der Waals surface area (Å²) in [4.78, 5) is 67.7. The zero-order valence-electron chi connectivity index (χ0n) is 45.1. The Morgan fingerprint density at radius 1 is 0.857 bits per heavy atom. The number of aliphatic imine (C=N–C) groups is 1. The van der Waals surface area contributed by atoms with Crippen LogP contribution in [0.3, 0.4) is 0 Å². The summed E-state index contributed by atoms with van der Waals surface area (Å²) in [7, 11) is 0. The van der Waals surface area contributed by atoms with Gasteiger partial charge in [-0.15, -0.1) is 32.9 Å². The van der Waals surface area contributed by atoms with Gasteiger partial charge in [-0.3, -0.25) is 28.7 Å². The smallest absolute Gasteiger partial charge is 0.246 e. The number of Topliss-reactive ketones (excluding diaryl/α,β-unsaturated/α-hetero) is 1. The molecular formula is C58H69ClN8O8S2. The molecule has 0 radical (unpaired) electrons. The van der Waals surface area contributed by atoms with Gasteiger partial charge in [0.05, 0.1) is 53.0 Å². The molecular weight excluding hydrogens is 1040 g/mol. The quantitative estimate of drug-likeness (QED) is 0.0517. The number of hydrogen-bond acceptors (Lipinski definition) is 14. The van der Waals surface area contributed by atoms with Gasteiger partial charge in [-0.05, 0) is 99.4 Å². The standard InChI is InChI=1S/C58H69ClN8O8S2/c1-34-37(4)77-57-51(34)52(41-16-20-43(59)21-17-41)62-46(55-65-64-38(5)67(55)57)30-49(70)61-35(2)40-18-22-45(23-19-40)75-28-10-26-73-25-9-27-74-32-50(71)63-54(58(6,7)8)56(72)66-31-44(68)29-47(66)48(69)24-13-39-11-14-42(15-12-39)53-36(3)60-33-76-53/h11-12,14-23,33,35,44,46-47,54,68H,9-10,13,24-32H2,1-8H3,(H,61,70)(H,63,71)/t35-,44-,46+,47+,54-/m1/s1. The molecule has 3 aromatic heterocycles. The normalized spacial score (nSPS) is 17.0. The number of nitrogens with one attached hydrogen (secondary N) is 2. The molecule has 19 heteroatoms. The Bertz CT molecular complexity index is 3060. The Kier molecular flexibility index (Phi) is 18.9. The van der Waals surface area contributed by atoms with E-state index in [2.05, 4.69) is 39.7 Å². The van der Waals surface area contributed by atoms with Crippen LogP contribution in [0.5, 0.6) is 5.75 Å². The van der Waals surface area contributed by atoms with E-state index in [1.54, 1.807) is 22.7 Å². The lowest BCUT2D eigenvalue weighted by molar-refractivity contribution is -0.144. The SMILES string of the molecule is Cc1ncsc1-c1ccc(CCC(=O)[C@@H]2C[C@@H](O)CN2C(=O)[C@@H](NC(=O)COCCCOCCCOc2ccc([C@@H](C)NC(=O)C[C@@H]3N=C(c4ccc(Cl)cc4)c4c(sc(C)c4C)-n4c(C)nnc43)cc2)C(C)(C)C)cc1. The Labute approximate surface area is 463 Å². The number of hydrogen-bond donors (Lipinski definition) is 3. The van der Waals surface area contributed by atoms with Crippen LogP contribution in [0.4, 0.5) is 0 Å². The number of aliphatic hydroxyl groups is 1. The molecule has 1 fully saturated rings. The van der Waals surface area contributed by atoms with E-state index in [4.69, 9.17) is 30.8 Å². The molecule has 6 aromatic rings. The number of fused-ring (bicyclic) bond motifs is 3. The average molecular weight is 1110 g/mol. The fraction of sp³-hybridized carbons (Fsp3) is 0.448. The molecule has 5 heterocycles. The highest BCUT2D eigenvalue weighted by Gasteiger charge is 2.44. The van der Waals surface area contributed by atoms with Crippen molar-refractivity contribution in [3.63, 3.8) is 0 Å². The predicted octanol–water partition coefficient (Wildman–Crippen LogP) is 9.39. The molecule has 0 spiro atoms. The van der Waals surface area contributed by atoms with E-state index in [0.29, 0.717) is 55.7 Å². The molecule has 0 aliphatic carbocycles. The maximum absolute atomic E-state index is 14.0. The Morgan fingerprint density at radius 3 is 2.23 bits per heavy atom. The second kappa shape index (κ2) is 25.5.